The zero-order valence-corrected chi connectivity index (χ0v) is 19.9. The molecular weight excluding hydrogens is 412 g/mol. The molecule has 3 unspecified atom stereocenters. The number of nitrogen functional groups attached to an aromatic ring is 1. The van der Waals surface area contributed by atoms with Gasteiger partial charge in [0.15, 0.2) is 0 Å². The first-order valence-electron chi connectivity index (χ1n) is 12.6. The van der Waals surface area contributed by atoms with E-state index in [-0.39, 0.29) is 17.9 Å². The molecule has 1 aromatic carbocycles. The van der Waals surface area contributed by atoms with Crippen LogP contribution in [0.25, 0.3) is 10.8 Å². The zero-order valence-electron chi connectivity index (χ0n) is 19.9. The summed E-state index contributed by atoms with van der Waals surface area (Å²) in [4.78, 5) is 35.0. The van der Waals surface area contributed by atoms with E-state index in [4.69, 9.17) is 5.73 Å². The first-order valence-corrected chi connectivity index (χ1v) is 12.6. The summed E-state index contributed by atoms with van der Waals surface area (Å²) in [5.74, 6) is 1.56. The number of aromatic nitrogens is 1. The topological polar surface area (TPSA) is 79.5 Å². The minimum Gasteiger partial charge on any atom is -0.383 e. The van der Waals surface area contributed by atoms with Gasteiger partial charge in [-0.05, 0) is 68.9 Å². The Hall–Kier alpha value is -2.47. The molecule has 1 aliphatic carbocycles. The Morgan fingerprint density at radius 2 is 1.91 bits per heavy atom. The van der Waals surface area contributed by atoms with E-state index in [0.29, 0.717) is 42.6 Å². The average Bonchev–Trinajstić information content (AvgIpc) is 3.41. The van der Waals surface area contributed by atoms with Gasteiger partial charge in [-0.25, -0.2) is 4.98 Å². The summed E-state index contributed by atoms with van der Waals surface area (Å²) in [5.41, 5.74) is 7.10. The van der Waals surface area contributed by atoms with Crippen LogP contribution < -0.4 is 5.73 Å². The van der Waals surface area contributed by atoms with Gasteiger partial charge in [-0.3, -0.25) is 14.5 Å². The number of nitrogens with two attached hydrogens (primary N) is 1. The Morgan fingerprint density at radius 3 is 2.67 bits per heavy atom. The van der Waals surface area contributed by atoms with E-state index in [1.54, 1.807) is 6.20 Å². The van der Waals surface area contributed by atoms with Crippen molar-refractivity contribution in [1.82, 2.24) is 14.8 Å². The zero-order chi connectivity index (χ0) is 23.1. The van der Waals surface area contributed by atoms with E-state index in [1.807, 2.05) is 18.2 Å². The summed E-state index contributed by atoms with van der Waals surface area (Å²) in [5, 5.41) is 2.01. The van der Waals surface area contributed by atoms with Crippen LogP contribution in [-0.4, -0.2) is 57.7 Å². The van der Waals surface area contributed by atoms with Gasteiger partial charge in [0.05, 0.1) is 6.54 Å². The molecule has 3 heterocycles. The minimum absolute atomic E-state index is 0.00389. The van der Waals surface area contributed by atoms with Gasteiger partial charge < -0.3 is 10.6 Å². The van der Waals surface area contributed by atoms with Gasteiger partial charge in [-0.1, -0.05) is 24.6 Å². The standard InChI is InChI=1S/C27H36N4O2/c1-17-4-3-5-18(2)30(17)16-26(33)31-15-20-13-23(24(31)14-20)25(32)9-7-19-6-8-22-21(12-19)10-11-29-27(22)28/h6,8,10-12,17-18,20,23-24H,3-5,7,9,13-16H2,1-2H3,(H2,28,29)/t17-,18+,20?,23?,24?. The summed E-state index contributed by atoms with van der Waals surface area (Å²) in [6.07, 6.45) is 8.51. The van der Waals surface area contributed by atoms with Crippen molar-refractivity contribution in [2.75, 3.05) is 18.8 Å². The Morgan fingerprint density at radius 1 is 1.12 bits per heavy atom. The number of likely N-dealkylation sites (tertiary alicyclic amines) is 2. The lowest BCUT2D eigenvalue weighted by molar-refractivity contribution is -0.138. The van der Waals surface area contributed by atoms with Gasteiger partial charge in [0.25, 0.3) is 0 Å². The molecule has 2 N–H and O–H groups in total. The van der Waals surface area contributed by atoms with Gasteiger partial charge in [0, 0.05) is 48.6 Å². The molecule has 6 heteroatoms. The number of anilines is 1. The fourth-order valence-electron chi connectivity index (χ4n) is 6.55. The van der Waals surface area contributed by atoms with Crippen molar-refractivity contribution in [1.29, 1.82) is 0 Å². The highest BCUT2D eigenvalue weighted by atomic mass is 16.2. The molecule has 2 bridgehead atoms. The highest BCUT2D eigenvalue weighted by Crippen LogP contribution is 2.43. The van der Waals surface area contributed by atoms with Crippen LogP contribution >= 0.6 is 0 Å². The summed E-state index contributed by atoms with van der Waals surface area (Å²) in [6, 6.07) is 9.14. The van der Waals surface area contributed by atoms with Crippen LogP contribution in [0.4, 0.5) is 5.82 Å². The maximum atomic E-state index is 13.3. The lowest BCUT2D eigenvalue weighted by Gasteiger charge is -2.40. The number of Topliss-reactive ketones (excluding diaryl/α,β-unsaturated/α-hetero) is 1. The molecule has 176 valence electrons. The average molecular weight is 449 g/mol. The smallest absolute Gasteiger partial charge is 0.237 e. The largest absolute Gasteiger partial charge is 0.383 e. The molecule has 5 atom stereocenters. The highest BCUT2D eigenvalue weighted by molar-refractivity contribution is 5.91. The number of amides is 1. The fourth-order valence-corrected chi connectivity index (χ4v) is 6.55. The van der Waals surface area contributed by atoms with E-state index in [2.05, 4.69) is 34.7 Å². The predicted molar refractivity (Wildman–Crippen MR) is 131 cm³/mol. The SMILES string of the molecule is C[C@@H]1CCC[C@H](C)N1CC(=O)N1CC2CC(C(=O)CCc3ccc4c(N)nccc4c3)C1C2. The van der Waals surface area contributed by atoms with Crippen LogP contribution in [0.15, 0.2) is 30.5 Å². The first-order chi connectivity index (χ1) is 15.9. The molecule has 2 aromatic rings. The molecule has 0 radical (unpaired) electrons. The lowest BCUT2D eigenvalue weighted by atomic mass is 9.90. The van der Waals surface area contributed by atoms with Crippen LogP contribution in [0.2, 0.25) is 0 Å². The van der Waals surface area contributed by atoms with Crippen molar-refractivity contribution in [3.8, 4) is 0 Å². The molecule has 0 spiro atoms. The highest BCUT2D eigenvalue weighted by Gasteiger charge is 2.49. The molecule has 2 aliphatic heterocycles. The molecule has 1 saturated carbocycles. The van der Waals surface area contributed by atoms with Crippen LogP contribution in [0.1, 0.15) is 57.9 Å². The first kappa shape index (κ1) is 22.3. The number of ketones is 1. The predicted octanol–water partition coefficient (Wildman–Crippen LogP) is 3.82. The van der Waals surface area contributed by atoms with Crippen LogP contribution in [0, 0.1) is 11.8 Å². The number of nitrogens with zero attached hydrogens (tertiary/aromatic N) is 3. The monoisotopic (exact) mass is 448 g/mol. The van der Waals surface area contributed by atoms with Gasteiger partial charge >= 0.3 is 0 Å². The fraction of sp³-hybridized carbons (Fsp3) is 0.593. The normalized spacial score (nSPS) is 29.6. The summed E-state index contributed by atoms with van der Waals surface area (Å²) in [6.45, 7) is 5.82. The van der Waals surface area contributed by atoms with Crippen molar-refractivity contribution in [2.24, 2.45) is 11.8 Å². The Bertz CT molecular complexity index is 1040. The van der Waals surface area contributed by atoms with Crippen molar-refractivity contribution < 1.29 is 9.59 Å². The minimum atomic E-state index is 0.00389. The molecule has 1 aromatic heterocycles. The quantitative estimate of drug-likeness (QED) is 0.727. The lowest BCUT2D eigenvalue weighted by Crippen LogP contribution is -2.52. The number of fused-ring (bicyclic) bond motifs is 3. The number of aryl methyl sites for hydroxylation is 1. The van der Waals surface area contributed by atoms with E-state index >= 15 is 0 Å². The maximum absolute atomic E-state index is 13.3. The number of rotatable bonds is 6. The maximum Gasteiger partial charge on any atom is 0.237 e. The van der Waals surface area contributed by atoms with Crippen LogP contribution in [0.5, 0.6) is 0 Å². The molecule has 2 saturated heterocycles. The third-order valence-electron chi connectivity index (χ3n) is 8.43. The number of hydrogen-bond acceptors (Lipinski definition) is 5. The van der Waals surface area contributed by atoms with Gasteiger partial charge in [-0.15, -0.1) is 0 Å². The van der Waals surface area contributed by atoms with E-state index in [0.717, 1.165) is 42.1 Å². The summed E-state index contributed by atoms with van der Waals surface area (Å²) in [7, 11) is 0. The second-order valence-corrected chi connectivity index (χ2v) is 10.6. The van der Waals surface area contributed by atoms with Gasteiger partial charge in [-0.2, -0.15) is 0 Å². The number of piperidine rings is 2. The van der Waals surface area contributed by atoms with Crippen molar-refractivity contribution in [3.05, 3.63) is 36.0 Å². The Balaban J connectivity index is 1.20. The number of carbonyl (C=O) groups is 2. The van der Waals surface area contributed by atoms with Gasteiger partial charge in [0.1, 0.15) is 11.6 Å². The van der Waals surface area contributed by atoms with Crippen molar-refractivity contribution in [3.63, 3.8) is 0 Å². The molecule has 3 fully saturated rings. The van der Waals surface area contributed by atoms with E-state index in [9.17, 15) is 9.59 Å². The number of benzene rings is 1. The van der Waals surface area contributed by atoms with Crippen molar-refractivity contribution in [2.45, 2.75) is 76.9 Å². The van der Waals surface area contributed by atoms with Crippen LogP contribution in [-0.2, 0) is 16.0 Å². The second kappa shape index (κ2) is 9.05. The number of hydrogen-bond donors (Lipinski definition) is 1. The third-order valence-corrected chi connectivity index (χ3v) is 8.43. The Labute approximate surface area is 196 Å². The van der Waals surface area contributed by atoms with E-state index in [1.165, 1.54) is 19.3 Å². The van der Waals surface area contributed by atoms with E-state index < -0.39 is 0 Å². The molecule has 5 rings (SSSR count). The molecule has 6 nitrogen and oxygen atoms in total. The van der Waals surface area contributed by atoms with Gasteiger partial charge in [0.2, 0.25) is 5.91 Å². The molecule has 3 aliphatic rings. The molecule has 33 heavy (non-hydrogen) atoms. The second-order valence-electron chi connectivity index (χ2n) is 10.6. The summed E-state index contributed by atoms with van der Waals surface area (Å²) >= 11 is 0. The molecular formula is C27H36N4O2. The van der Waals surface area contributed by atoms with Crippen LogP contribution in [0.3, 0.4) is 0 Å². The number of pyridine rings is 1. The Kier molecular flexibility index (Phi) is 6.12. The van der Waals surface area contributed by atoms with Crippen molar-refractivity contribution >= 4 is 28.3 Å². The third kappa shape index (κ3) is 4.37. The summed E-state index contributed by atoms with van der Waals surface area (Å²) < 4.78 is 0. The molecule has 1 amide bonds. The number of carbonyl (C=O) groups excluding carboxylic acids is 2.